The topological polar surface area (TPSA) is 39.1 Å². The van der Waals surface area contributed by atoms with E-state index in [1.54, 1.807) is 6.20 Å². The minimum Gasteiger partial charge on any atom is -0.491 e. The molecule has 1 aromatic carbocycles. The Kier molecular flexibility index (Phi) is 6.08. The van der Waals surface area contributed by atoms with Gasteiger partial charge in [0.1, 0.15) is 18.2 Å². The largest absolute Gasteiger partial charge is 0.491 e. The highest BCUT2D eigenvalue weighted by Crippen LogP contribution is 2.26. The molecular weight excluding hydrogens is 286 g/mol. The maximum Gasteiger partial charge on any atom is 0.125 e. The summed E-state index contributed by atoms with van der Waals surface area (Å²) >= 11 is 6.28. The Hall–Kier alpha value is -1.52. The van der Waals surface area contributed by atoms with Gasteiger partial charge in [0.2, 0.25) is 0 Å². The summed E-state index contributed by atoms with van der Waals surface area (Å²) in [6.45, 7) is 7.20. The molecule has 1 heterocycles. The van der Waals surface area contributed by atoms with E-state index in [0.29, 0.717) is 6.61 Å². The Morgan fingerprint density at radius 2 is 2.24 bits per heavy atom. The molecule has 0 radical (unpaired) electrons. The minimum atomic E-state index is 0.596. The highest BCUT2D eigenvalue weighted by atomic mass is 35.5. The van der Waals surface area contributed by atoms with E-state index in [-0.39, 0.29) is 0 Å². The van der Waals surface area contributed by atoms with Crippen LogP contribution in [0.15, 0.2) is 30.6 Å². The van der Waals surface area contributed by atoms with Gasteiger partial charge in [-0.2, -0.15) is 0 Å². The molecule has 2 rings (SSSR count). The fourth-order valence-electron chi connectivity index (χ4n) is 2.13. The lowest BCUT2D eigenvalue weighted by Gasteiger charge is -2.14. The normalized spacial score (nSPS) is 10.8. The Morgan fingerprint density at radius 3 is 2.95 bits per heavy atom. The number of halogens is 1. The van der Waals surface area contributed by atoms with Crippen LogP contribution in [0.4, 0.5) is 0 Å². The van der Waals surface area contributed by atoms with Gasteiger partial charge >= 0.3 is 0 Å². The third-order valence-electron chi connectivity index (χ3n) is 3.32. The van der Waals surface area contributed by atoms with Crippen LogP contribution in [0.3, 0.4) is 0 Å². The molecule has 0 spiro atoms. The Labute approximate surface area is 131 Å². The zero-order valence-corrected chi connectivity index (χ0v) is 13.4. The van der Waals surface area contributed by atoms with E-state index in [0.717, 1.165) is 48.2 Å². The van der Waals surface area contributed by atoms with Gasteiger partial charge < -0.3 is 14.6 Å². The third kappa shape index (κ3) is 4.48. The molecule has 0 bridgehead atoms. The molecule has 0 aliphatic rings. The number of aromatic nitrogens is 2. The summed E-state index contributed by atoms with van der Waals surface area (Å²) in [5.74, 6) is 1.85. The molecule has 1 aromatic heterocycles. The standard InChI is InChI=1S/C16H22ClN3O/c1-3-7-18-12-14-15(17)5-4-6-16(14)21-11-10-20-9-8-19-13(20)2/h4-6,8-9,18H,3,7,10-12H2,1-2H3. The maximum absolute atomic E-state index is 6.28. The summed E-state index contributed by atoms with van der Waals surface area (Å²) in [6, 6.07) is 5.79. The van der Waals surface area contributed by atoms with Crippen molar-refractivity contribution in [2.24, 2.45) is 0 Å². The second kappa shape index (κ2) is 8.05. The van der Waals surface area contributed by atoms with Gasteiger partial charge in [0.15, 0.2) is 0 Å². The first-order valence-corrected chi connectivity index (χ1v) is 7.68. The molecule has 0 amide bonds. The molecule has 4 nitrogen and oxygen atoms in total. The van der Waals surface area contributed by atoms with Crippen molar-refractivity contribution in [2.75, 3.05) is 13.2 Å². The van der Waals surface area contributed by atoms with Gasteiger partial charge in [0.25, 0.3) is 0 Å². The molecule has 2 aromatic rings. The van der Waals surface area contributed by atoms with Gasteiger partial charge in [-0.3, -0.25) is 0 Å². The molecule has 0 unspecified atom stereocenters. The first-order valence-electron chi connectivity index (χ1n) is 7.31. The number of imidazole rings is 1. The number of nitrogens with one attached hydrogen (secondary N) is 1. The molecule has 114 valence electrons. The van der Waals surface area contributed by atoms with Crippen LogP contribution in [-0.4, -0.2) is 22.7 Å². The van der Waals surface area contributed by atoms with E-state index in [9.17, 15) is 0 Å². The lowest BCUT2D eigenvalue weighted by atomic mass is 10.2. The Morgan fingerprint density at radius 1 is 1.38 bits per heavy atom. The SMILES string of the molecule is CCCNCc1c(Cl)cccc1OCCn1ccnc1C. The van der Waals surface area contributed by atoms with Gasteiger partial charge in [-0.25, -0.2) is 4.98 Å². The maximum atomic E-state index is 6.28. The number of hydrogen-bond acceptors (Lipinski definition) is 3. The van der Waals surface area contributed by atoms with Crippen molar-refractivity contribution in [2.45, 2.75) is 33.4 Å². The summed E-state index contributed by atoms with van der Waals surface area (Å²) in [6.07, 6.45) is 4.86. The highest BCUT2D eigenvalue weighted by molar-refractivity contribution is 6.31. The number of ether oxygens (including phenoxy) is 1. The van der Waals surface area contributed by atoms with Crippen LogP contribution in [0, 0.1) is 6.92 Å². The lowest BCUT2D eigenvalue weighted by molar-refractivity contribution is 0.293. The van der Waals surface area contributed by atoms with Crippen molar-refractivity contribution in [1.29, 1.82) is 0 Å². The Bertz CT molecular complexity index is 568. The molecule has 0 fully saturated rings. The van der Waals surface area contributed by atoms with Crippen molar-refractivity contribution in [3.63, 3.8) is 0 Å². The summed E-state index contributed by atoms with van der Waals surface area (Å²) in [4.78, 5) is 4.20. The van der Waals surface area contributed by atoms with Gasteiger partial charge in [0.05, 0.1) is 6.54 Å². The predicted octanol–water partition coefficient (Wildman–Crippen LogP) is 3.42. The molecule has 0 atom stereocenters. The molecule has 0 saturated carbocycles. The second-order valence-electron chi connectivity index (χ2n) is 4.91. The first-order chi connectivity index (χ1) is 10.2. The van der Waals surface area contributed by atoms with Gasteiger partial charge in [-0.1, -0.05) is 24.6 Å². The first kappa shape index (κ1) is 15.9. The van der Waals surface area contributed by atoms with Gasteiger partial charge in [-0.15, -0.1) is 0 Å². The number of rotatable bonds is 8. The van der Waals surface area contributed by atoms with Crippen LogP contribution in [0.1, 0.15) is 24.7 Å². The molecule has 5 heteroatoms. The number of benzene rings is 1. The fourth-order valence-corrected chi connectivity index (χ4v) is 2.36. The van der Waals surface area contributed by atoms with Crippen molar-refractivity contribution in [1.82, 2.24) is 14.9 Å². The quantitative estimate of drug-likeness (QED) is 0.760. The van der Waals surface area contributed by atoms with Crippen LogP contribution in [0.25, 0.3) is 0 Å². The van der Waals surface area contributed by atoms with E-state index in [4.69, 9.17) is 16.3 Å². The molecule has 0 saturated heterocycles. The predicted molar refractivity (Wildman–Crippen MR) is 85.9 cm³/mol. The monoisotopic (exact) mass is 307 g/mol. The Balaban J connectivity index is 1.95. The smallest absolute Gasteiger partial charge is 0.125 e. The summed E-state index contributed by atoms with van der Waals surface area (Å²) in [5, 5.41) is 4.11. The van der Waals surface area contributed by atoms with E-state index in [1.807, 2.05) is 31.3 Å². The van der Waals surface area contributed by atoms with Crippen LogP contribution < -0.4 is 10.1 Å². The minimum absolute atomic E-state index is 0.596. The highest BCUT2D eigenvalue weighted by Gasteiger charge is 2.08. The average Bonchev–Trinajstić information content (AvgIpc) is 2.87. The zero-order valence-electron chi connectivity index (χ0n) is 12.6. The molecule has 21 heavy (non-hydrogen) atoms. The van der Waals surface area contributed by atoms with Crippen molar-refractivity contribution in [3.8, 4) is 5.75 Å². The van der Waals surface area contributed by atoms with E-state index < -0.39 is 0 Å². The number of hydrogen-bond donors (Lipinski definition) is 1. The van der Waals surface area contributed by atoms with Crippen molar-refractivity contribution >= 4 is 11.6 Å². The van der Waals surface area contributed by atoms with Crippen molar-refractivity contribution in [3.05, 3.63) is 47.0 Å². The van der Waals surface area contributed by atoms with E-state index in [2.05, 4.69) is 21.8 Å². The third-order valence-corrected chi connectivity index (χ3v) is 3.67. The van der Waals surface area contributed by atoms with Crippen LogP contribution in [0.5, 0.6) is 5.75 Å². The number of aryl methyl sites for hydroxylation is 1. The average molecular weight is 308 g/mol. The van der Waals surface area contributed by atoms with Gasteiger partial charge in [-0.05, 0) is 32.0 Å². The second-order valence-corrected chi connectivity index (χ2v) is 5.32. The van der Waals surface area contributed by atoms with Crippen LogP contribution >= 0.6 is 11.6 Å². The molecule has 0 aliphatic carbocycles. The molecule has 0 aliphatic heterocycles. The summed E-state index contributed by atoms with van der Waals surface area (Å²) < 4.78 is 7.97. The zero-order chi connectivity index (χ0) is 15.1. The number of nitrogens with zero attached hydrogens (tertiary/aromatic N) is 2. The van der Waals surface area contributed by atoms with Crippen LogP contribution in [0.2, 0.25) is 5.02 Å². The van der Waals surface area contributed by atoms with Gasteiger partial charge in [0, 0.05) is 29.5 Å². The van der Waals surface area contributed by atoms with E-state index >= 15 is 0 Å². The fraction of sp³-hybridized carbons (Fsp3) is 0.438. The van der Waals surface area contributed by atoms with E-state index in [1.165, 1.54) is 0 Å². The molecular formula is C16H22ClN3O. The summed E-state index contributed by atoms with van der Waals surface area (Å²) in [7, 11) is 0. The van der Waals surface area contributed by atoms with Crippen molar-refractivity contribution < 1.29 is 4.74 Å². The lowest BCUT2D eigenvalue weighted by Crippen LogP contribution is -2.16. The summed E-state index contributed by atoms with van der Waals surface area (Å²) in [5.41, 5.74) is 1.02. The molecule has 1 N–H and O–H groups in total. The van der Waals surface area contributed by atoms with Crippen LogP contribution in [-0.2, 0) is 13.1 Å².